The SMILES string of the molecule is C=Cc1cc2c(cc1NC)CCCC2. The molecule has 1 aliphatic carbocycles. The molecule has 1 heteroatoms. The number of hydrogen-bond acceptors (Lipinski definition) is 1. The molecule has 0 heterocycles. The maximum atomic E-state index is 3.85. The molecule has 0 aromatic heterocycles. The molecule has 2 rings (SSSR count). The smallest absolute Gasteiger partial charge is 0.0413 e. The number of hydrogen-bond donors (Lipinski definition) is 1. The maximum Gasteiger partial charge on any atom is 0.0413 e. The number of rotatable bonds is 2. The standard InChI is InChI=1S/C13H17N/c1-3-10-8-11-6-4-5-7-12(11)9-13(10)14-2/h3,8-9,14H,1,4-7H2,2H3. The molecule has 0 atom stereocenters. The van der Waals surface area contributed by atoms with E-state index in [1.54, 1.807) is 0 Å². The van der Waals surface area contributed by atoms with E-state index < -0.39 is 0 Å². The average Bonchev–Trinajstić information content (AvgIpc) is 2.27. The van der Waals surface area contributed by atoms with Crippen molar-refractivity contribution in [1.82, 2.24) is 0 Å². The summed E-state index contributed by atoms with van der Waals surface area (Å²) >= 11 is 0. The molecule has 0 spiro atoms. The molecule has 0 amide bonds. The van der Waals surface area contributed by atoms with Gasteiger partial charge in [0.15, 0.2) is 0 Å². The van der Waals surface area contributed by atoms with Crippen LogP contribution in [-0.2, 0) is 12.8 Å². The lowest BCUT2D eigenvalue weighted by atomic mass is 9.89. The molecule has 14 heavy (non-hydrogen) atoms. The van der Waals surface area contributed by atoms with Crippen molar-refractivity contribution in [3.05, 3.63) is 35.4 Å². The molecular weight excluding hydrogens is 170 g/mol. The highest BCUT2D eigenvalue weighted by atomic mass is 14.8. The van der Waals surface area contributed by atoms with Crippen LogP contribution >= 0.6 is 0 Å². The third-order valence-electron chi connectivity index (χ3n) is 3.00. The van der Waals surface area contributed by atoms with Gasteiger partial charge in [0.05, 0.1) is 0 Å². The van der Waals surface area contributed by atoms with Crippen molar-refractivity contribution in [3.8, 4) is 0 Å². The fraction of sp³-hybridized carbons (Fsp3) is 0.385. The van der Waals surface area contributed by atoms with Gasteiger partial charge in [-0.1, -0.05) is 12.7 Å². The topological polar surface area (TPSA) is 12.0 Å². The van der Waals surface area contributed by atoms with Crippen molar-refractivity contribution in [2.24, 2.45) is 0 Å². The van der Waals surface area contributed by atoms with Gasteiger partial charge in [-0.05, 0) is 54.5 Å². The van der Waals surface area contributed by atoms with Crippen LogP contribution in [0.1, 0.15) is 29.5 Å². The predicted molar refractivity (Wildman–Crippen MR) is 62.7 cm³/mol. The third kappa shape index (κ3) is 1.54. The lowest BCUT2D eigenvalue weighted by molar-refractivity contribution is 0.686. The first-order chi connectivity index (χ1) is 6.85. The van der Waals surface area contributed by atoms with E-state index in [2.05, 4.69) is 24.0 Å². The molecule has 0 radical (unpaired) electrons. The maximum absolute atomic E-state index is 3.85. The zero-order chi connectivity index (χ0) is 9.97. The van der Waals surface area contributed by atoms with Crippen molar-refractivity contribution in [1.29, 1.82) is 0 Å². The summed E-state index contributed by atoms with van der Waals surface area (Å²) in [4.78, 5) is 0. The summed E-state index contributed by atoms with van der Waals surface area (Å²) < 4.78 is 0. The van der Waals surface area contributed by atoms with Gasteiger partial charge < -0.3 is 5.32 Å². The van der Waals surface area contributed by atoms with Crippen LogP contribution in [0.4, 0.5) is 5.69 Å². The van der Waals surface area contributed by atoms with E-state index in [1.165, 1.54) is 48.1 Å². The van der Waals surface area contributed by atoms with Crippen LogP contribution in [0.3, 0.4) is 0 Å². The Bertz CT molecular complexity index is 352. The van der Waals surface area contributed by atoms with E-state index in [9.17, 15) is 0 Å². The van der Waals surface area contributed by atoms with Gasteiger partial charge in [0.2, 0.25) is 0 Å². The predicted octanol–water partition coefficient (Wildman–Crippen LogP) is 3.25. The lowest BCUT2D eigenvalue weighted by Crippen LogP contribution is -2.04. The third-order valence-corrected chi connectivity index (χ3v) is 3.00. The lowest BCUT2D eigenvalue weighted by Gasteiger charge is -2.18. The second-order valence-corrected chi connectivity index (χ2v) is 3.87. The Morgan fingerprint density at radius 1 is 1.21 bits per heavy atom. The minimum Gasteiger partial charge on any atom is -0.388 e. The average molecular weight is 187 g/mol. The zero-order valence-electron chi connectivity index (χ0n) is 8.77. The van der Waals surface area contributed by atoms with E-state index >= 15 is 0 Å². The van der Waals surface area contributed by atoms with Crippen LogP contribution in [0.25, 0.3) is 6.08 Å². The molecule has 1 nitrogen and oxygen atoms in total. The highest BCUT2D eigenvalue weighted by Crippen LogP contribution is 2.27. The Hall–Kier alpha value is -1.24. The van der Waals surface area contributed by atoms with Gasteiger partial charge in [-0.2, -0.15) is 0 Å². The summed E-state index contributed by atoms with van der Waals surface area (Å²) in [7, 11) is 1.97. The molecule has 1 aromatic carbocycles. The van der Waals surface area contributed by atoms with E-state index in [1.807, 2.05) is 13.1 Å². The molecule has 0 fully saturated rings. The van der Waals surface area contributed by atoms with Gasteiger partial charge in [-0.3, -0.25) is 0 Å². The molecule has 1 aliphatic rings. The van der Waals surface area contributed by atoms with Crippen molar-refractivity contribution >= 4 is 11.8 Å². The second kappa shape index (κ2) is 3.87. The largest absolute Gasteiger partial charge is 0.388 e. The fourth-order valence-electron chi connectivity index (χ4n) is 2.19. The first kappa shape index (κ1) is 9.32. The van der Waals surface area contributed by atoms with Crippen molar-refractivity contribution < 1.29 is 0 Å². The minimum absolute atomic E-state index is 1.21. The van der Waals surface area contributed by atoms with Gasteiger partial charge in [0.1, 0.15) is 0 Å². The quantitative estimate of drug-likeness (QED) is 0.749. The second-order valence-electron chi connectivity index (χ2n) is 3.87. The molecule has 1 aromatic rings. The molecule has 0 saturated heterocycles. The zero-order valence-corrected chi connectivity index (χ0v) is 8.77. The van der Waals surface area contributed by atoms with Gasteiger partial charge in [-0.15, -0.1) is 0 Å². The van der Waals surface area contributed by atoms with Gasteiger partial charge >= 0.3 is 0 Å². The van der Waals surface area contributed by atoms with E-state index in [-0.39, 0.29) is 0 Å². The molecular formula is C13H17N. The van der Waals surface area contributed by atoms with E-state index in [4.69, 9.17) is 0 Å². The van der Waals surface area contributed by atoms with E-state index in [0.717, 1.165) is 0 Å². The summed E-state index contributed by atoms with van der Waals surface area (Å²) in [5, 5.41) is 3.23. The van der Waals surface area contributed by atoms with Crippen molar-refractivity contribution in [3.63, 3.8) is 0 Å². The molecule has 0 unspecified atom stereocenters. The highest BCUT2D eigenvalue weighted by molar-refractivity contribution is 5.68. The summed E-state index contributed by atoms with van der Waals surface area (Å²) in [6, 6.07) is 4.57. The molecule has 0 saturated carbocycles. The molecule has 1 N–H and O–H groups in total. The molecule has 0 aliphatic heterocycles. The number of fused-ring (bicyclic) bond motifs is 1. The van der Waals surface area contributed by atoms with Crippen LogP contribution in [0.2, 0.25) is 0 Å². The Labute approximate surface area is 85.8 Å². The van der Waals surface area contributed by atoms with Crippen molar-refractivity contribution in [2.45, 2.75) is 25.7 Å². The molecule has 74 valence electrons. The van der Waals surface area contributed by atoms with Crippen LogP contribution in [0.15, 0.2) is 18.7 Å². The molecule has 0 bridgehead atoms. The summed E-state index contributed by atoms with van der Waals surface area (Å²) in [6.07, 6.45) is 7.08. The summed E-state index contributed by atoms with van der Waals surface area (Å²) in [6.45, 7) is 3.85. The van der Waals surface area contributed by atoms with Crippen LogP contribution < -0.4 is 5.32 Å². The van der Waals surface area contributed by atoms with Gasteiger partial charge in [-0.25, -0.2) is 0 Å². The Morgan fingerprint density at radius 3 is 2.43 bits per heavy atom. The summed E-state index contributed by atoms with van der Waals surface area (Å²) in [5.74, 6) is 0. The van der Waals surface area contributed by atoms with Gasteiger partial charge in [0.25, 0.3) is 0 Å². The van der Waals surface area contributed by atoms with Crippen LogP contribution in [0, 0.1) is 0 Å². The Morgan fingerprint density at radius 2 is 1.86 bits per heavy atom. The highest BCUT2D eigenvalue weighted by Gasteiger charge is 2.11. The number of nitrogens with one attached hydrogen (secondary N) is 1. The van der Waals surface area contributed by atoms with Crippen LogP contribution in [0.5, 0.6) is 0 Å². The first-order valence-electron chi connectivity index (χ1n) is 5.31. The number of anilines is 1. The fourth-order valence-corrected chi connectivity index (χ4v) is 2.19. The summed E-state index contributed by atoms with van der Waals surface area (Å²) in [5.41, 5.74) is 5.48. The Kier molecular flexibility index (Phi) is 2.58. The van der Waals surface area contributed by atoms with Crippen LogP contribution in [-0.4, -0.2) is 7.05 Å². The van der Waals surface area contributed by atoms with Gasteiger partial charge in [0, 0.05) is 12.7 Å². The van der Waals surface area contributed by atoms with Crippen molar-refractivity contribution in [2.75, 3.05) is 12.4 Å². The Balaban J connectivity index is 2.48. The number of benzene rings is 1. The minimum atomic E-state index is 1.21. The first-order valence-corrected chi connectivity index (χ1v) is 5.31. The monoisotopic (exact) mass is 187 g/mol. The van der Waals surface area contributed by atoms with E-state index in [0.29, 0.717) is 0 Å². The normalized spacial score (nSPS) is 14.6. The number of aryl methyl sites for hydroxylation is 2.